The van der Waals surface area contributed by atoms with Crippen LogP contribution in [0.1, 0.15) is 32.1 Å². The van der Waals surface area contributed by atoms with E-state index in [2.05, 4.69) is 10.6 Å². The van der Waals surface area contributed by atoms with Crippen LogP contribution >= 0.6 is 11.8 Å². The average molecular weight is 381 g/mol. The molecule has 2 amide bonds. The van der Waals surface area contributed by atoms with Crippen LogP contribution in [0.15, 0.2) is 10.6 Å². The Bertz CT molecular complexity index is 661. The molecule has 4 heterocycles. The van der Waals surface area contributed by atoms with Gasteiger partial charge in [-0.15, -0.1) is 0 Å². The topological polar surface area (TPSA) is 108 Å². The first-order valence-corrected chi connectivity index (χ1v) is 10.0. The molecule has 2 saturated heterocycles. The Morgan fingerprint density at radius 3 is 2.81 bits per heavy atom. The maximum Gasteiger partial charge on any atom is 0.347 e. The SMILES string of the molecule is O=C1NC(C(=O)O)NC2=C1C1CCCN(CC3CCCCO3)C(=O)C1S2. The summed E-state index contributed by atoms with van der Waals surface area (Å²) in [4.78, 5) is 38.6. The van der Waals surface area contributed by atoms with Crippen molar-refractivity contribution in [3.05, 3.63) is 10.6 Å². The highest BCUT2D eigenvalue weighted by Gasteiger charge is 2.48. The van der Waals surface area contributed by atoms with Gasteiger partial charge in [0.25, 0.3) is 5.91 Å². The van der Waals surface area contributed by atoms with Crippen molar-refractivity contribution in [3.63, 3.8) is 0 Å². The first kappa shape index (κ1) is 17.7. The van der Waals surface area contributed by atoms with Crippen LogP contribution in [-0.2, 0) is 19.1 Å². The van der Waals surface area contributed by atoms with Gasteiger partial charge in [-0.1, -0.05) is 11.8 Å². The van der Waals surface area contributed by atoms with E-state index in [-0.39, 0.29) is 29.1 Å². The standard InChI is InChI=1S/C17H23N3O5S/c21-14-11-10-5-3-6-20(8-9-4-1-2-7-25-9)16(22)12(10)26-15(11)19-13(18-14)17(23)24/h9-10,12-13,19H,1-8H2,(H,18,21)(H,23,24). The van der Waals surface area contributed by atoms with Crippen LogP contribution in [0.25, 0.3) is 0 Å². The van der Waals surface area contributed by atoms with Crippen LogP contribution in [0.5, 0.6) is 0 Å². The van der Waals surface area contributed by atoms with Gasteiger partial charge in [-0.25, -0.2) is 4.79 Å². The van der Waals surface area contributed by atoms with E-state index in [1.807, 2.05) is 4.90 Å². The fourth-order valence-corrected chi connectivity index (χ4v) is 5.66. The molecule has 4 rings (SSSR count). The molecule has 0 aromatic heterocycles. The Morgan fingerprint density at radius 1 is 1.23 bits per heavy atom. The van der Waals surface area contributed by atoms with Crippen molar-refractivity contribution >= 4 is 29.5 Å². The number of nitrogens with one attached hydrogen (secondary N) is 2. The molecule has 26 heavy (non-hydrogen) atoms. The summed E-state index contributed by atoms with van der Waals surface area (Å²) in [6, 6.07) is 0. The number of aliphatic carboxylic acids is 1. The first-order valence-electron chi connectivity index (χ1n) is 9.16. The molecule has 0 saturated carbocycles. The quantitative estimate of drug-likeness (QED) is 0.643. The number of hydrogen-bond donors (Lipinski definition) is 3. The lowest BCUT2D eigenvalue weighted by Gasteiger charge is -2.30. The molecule has 0 aliphatic carbocycles. The van der Waals surface area contributed by atoms with Crippen molar-refractivity contribution in [1.29, 1.82) is 0 Å². The third kappa shape index (κ3) is 3.18. The van der Waals surface area contributed by atoms with Gasteiger partial charge in [-0.2, -0.15) is 0 Å². The van der Waals surface area contributed by atoms with Crippen LogP contribution < -0.4 is 10.6 Å². The van der Waals surface area contributed by atoms with Crippen LogP contribution in [0.2, 0.25) is 0 Å². The van der Waals surface area contributed by atoms with Crippen LogP contribution in [0, 0.1) is 5.92 Å². The number of hydrogen-bond acceptors (Lipinski definition) is 6. The van der Waals surface area contributed by atoms with Crippen LogP contribution in [-0.4, -0.2) is 65.0 Å². The molecule has 4 unspecified atom stereocenters. The van der Waals surface area contributed by atoms with E-state index < -0.39 is 12.1 Å². The van der Waals surface area contributed by atoms with Gasteiger partial charge < -0.3 is 25.4 Å². The van der Waals surface area contributed by atoms with Crippen molar-refractivity contribution in [2.45, 2.75) is 49.6 Å². The minimum absolute atomic E-state index is 0.0301. The molecule has 142 valence electrons. The van der Waals surface area contributed by atoms with Gasteiger partial charge in [0, 0.05) is 25.6 Å². The molecule has 0 spiro atoms. The van der Waals surface area contributed by atoms with Gasteiger partial charge in [-0.05, 0) is 32.1 Å². The van der Waals surface area contributed by atoms with Gasteiger partial charge in [-0.3, -0.25) is 9.59 Å². The summed E-state index contributed by atoms with van der Waals surface area (Å²) in [6.07, 6.45) is 3.71. The number of amides is 2. The Hall–Kier alpha value is -1.74. The van der Waals surface area contributed by atoms with Crippen molar-refractivity contribution in [2.75, 3.05) is 19.7 Å². The molecule has 2 fully saturated rings. The molecule has 0 radical (unpaired) electrons. The largest absolute Gasteiger partial charge is 0.478 e. The second-order valence-electron chi connectivity index (χ2n) is 7.19. The smallest absolute Gasteiger partial charge is 0.347 e. The van der Waals surface area contributed by atoms with Crippen LogP contribution in [0.4, 0.5) is 0 Å². The molecule has 4 atom stereocenters. The Kier molecular flexibility index (Phi) is 4.83. The average Bonchev–Trinajstić information content (AvgIpc) is 2.93. The Labute approximate surface area is 155 Å². The van der Waals surface area contributed by atoms with E-state index in [1.54, 1.807) is 0 Å². The zero-order valence-electron chi connectivity index (χ0n) is 14.4. The second kappa shape index (κ2) is 7.11. The third-order valence-corrected chi connectivity index (χ3v) is 6.82. The lowest BCUT2D eigenvalue weighted by atomic mass is 9.90. The monoisotopic (exact) mass is 381 g/mol. The molecule has 0 bridgehead atoms. The second-order valence-corrected chi connectivity index (χ2v) is 8.34. The van der Waals surface area contributed by atoms with Gasteiger partial charge in [0.2, 0.25) is 12.1 Å². The van der Waals surface area contributed by atoms with E-state index in [0.717, 1.165) is 38.7 Å². The highest BCUT2D eigenvalue weighted by molar-refractivity contribution is 8.04. The minimum Gasteiger partial charge on any atom is -0.478 e. The highest BCUT2D eigenvalue weighted by Crippen LogP contribution is 2.46. The number of ether oxygens (including phenoxy) is 1. The number of nitrogens with zero attached hydrogens (tertiary/aromatic N) is 1. The van der Waals surface area contributed by atoms with Crippen molar-refractivity contribution < 1.29 is 24.2 Å². The van der Waals surface area contributed by atoms with Gasteiger partial charge in [0.1, 0.15) is 0 Å². The lowest BCUT2D eigenvalue weighted by Crippen LogP contribution is -2.54. The highest BCUT2D eigenvalue weighted by atomic mass is 32.2. The maximum atomic E-state index is 13.1. The van der Waals surface area contributed by atoms with E-state index in [0.29, 0.717) is 23.7 Å². The molecule has 0 aromatic rings. The molecule has 4 aliphatic heterocycles. The summed E-state index contributed by atoms with van der Waals surface area (Å²) in [6.45, 7) is 2.04. The number of carbonyl (C=O) groups excluding carboxylic acids is 2. The normalized spacial score (nSPS) is 34.5. The summed E-state index contributed by atoms with van der Waals surface area (Å²) < 4.78 is 5.78. The molecule has 3 N–H and O–H groups in total. The molecule has 0 aromatic carbocycles. The van der Waals surface area contributed by atoms with Crippen molar-refractivity contribution in [3.8, 4) is 0 Å². The van der Waals surface area contributed by atoms with Crippen molar-refractivity contribution in [1.82, 2.24) is 15.5 Å². The maximum absolute atomic E-state index is 13.1. The number of carbonyl (C=O) groups is 3. The number of fused-ring (bicyclic) bond motifs is 2. The predicted octanol–water partition coefficient (Wildman–Crippen LogP) is 0.251. The fourth-order valence-electron chi connectivity index (χ4n) is 4.16. The van der Waals surface area contributed by atoms with Crippen LogP contribution in [0.3, 0.4) is 0 Å². The Morgan fingerprint density at radius 2 is 2.08 bits per heavy atom. The zero-order chi connectivity index (χ0) is 18.3. The number of likely N-dealkylation sites (tertiary alicyclic amines) is 1. The Balaban J connectivity index is 1.49. The van der Waals surface area contributed by atoms with E-state index in [9.17, 15) is 14.4 Å². The van der Waals surface area contributed by atoms with E-state index in [4.69, 9.17) is 9.84 Å². The summed E-state index contributed by atoms with van der Waals surface area (Å²) in [5.41, 5.74) is 0.543. The molecule has 8 nitrogen and oxygen atoms in total. The molecular formula is C17H23N3O5S. The van der Waals surface area contributed by atoms with E-state index >= 15 is 0 Å². The lowest BCUT2D eigenvalue weighted by molar-refractivity contribution is -0.142. The zero-order valence-corrected chi connectivity index (χ0v) is 15.2. The molecule has 9 heteroatoms. The van der Waals surface area contributed by atoms with Gasteiger partial charge >= 0.3 is 5.97 Å². The van der Waals surface area contributed by atoms with Crippen molar-refractivity contribution in [2.24, 2.45) is 5.92 Å². The minimum atomic E-state index is -1.14. The number of rotatable bonds is 3. The summed E-state index contributed by atoms with van der Waals surface area (Å²) in [5, 5.41) is 14.7. The fraction of sp³-hybridized carbons (Fsp3) is 0.706. The number of carboxylic acids is 1. The summed E-state index contributed by atoms with van der Waals surface area (Å²) in [7, 11) is 0. The molecule has 4 aliphatic rings. The van der Waals surface area contributed by atoms with Gasteiger partial charge in [0.15, 0.2) is 0 Å². The van der Waals surface area contributed by atoms with E-state index in [1.165, 1.54) is 11.8 Å². The first-order chi connectivity index (χ1) is 12.5. The third-order valence-electron chi connectivity index (χ3n) is 5.46. The number of carboxylic acid groups (broad SMARTS) is 1. The summed E-state index contributed by atoms with van der Waals surface area (Å²) >= 11 is 1.30. The molecular weight excluding hydrogens is 358 g/mol. The number of thioether (sulfide) groups is 1. The van der Waals surface area contributed by atoms with Gasteiger partial charge in [0.05, 0.1) is 22.0 Å². The summed E-state index contributed by atoms with van der Waals surface area (Å²) in [5.74, 6) is -1.65. The predicted molar refractivity (Wildman–Crippen MR) is 94.0 cm³/mol.